The van der Waals surface area contributed by atoms with Gasteiger partial charge < -0.3 is 15.0 Å². The summed E-state index contributed by atoms with van der Waals surface area (Å²) < 4.78 is 5.72. The normalized spacial score (nSPS) is 21.0. The molecule has 7 heteroatoms. The van der Waals surface area contributed by atoms with Crippen LogP contribution in [0.1, 0.15) is 61.7 Å². The van der Waals surface area contributed by atoms with E-state index in [4.69, 9.17) is 4.74 Å². The zero-order valence-corrected chi connectivity index (χ0v) is 20.8. The fourth-order valence-corrected chi connectivity index (χ4v) is 4.42. The SMILES string of the molecule is C[C@@H]1CN(C(=O)/C(C#N)=C2\N=C(NC(=O)c3ccc(C(C)(C)C)cc3)c3ccccc32)C[C@@H](C)O1. The van der Waals surface area contributed by atoms with E-state index in [-0.39, 0.29) is 40.7 Å². The van der Waals surface area contributed by atoms with Gasteiger partial charge in [-0.3, -0.25) is 9.59 Å². The maximum atomic E-state index is 13.3. The second-order valence-corrected chi connectivity index (χ2v) is 10.1. The van der Waals surface area contributed by atoms with Crippen LogP contribution in [-0.4, -0.2) is 47.8 Å². The van der Waals surface area contributed by atoms with Gasteiger partial charge in [-0.2, -0.15) is 5.26 Å². The van der Waals surface area contributed by atoms with Crippen molar-refractivity contribution >= 4 is 23.3 Å². The van der Waals surface area contributed by atoms with Crippen molar-refractivity contribution in [3.63, 3.8) is 0 Å². The second-order valence-electron chi connectivity index (χ2n) is 10.1. The quantitative estimate of drug-likeness (QED) is 0.529. The van der Waals surface area contributed by atoms with Crippen LogP contribution in [0, 0.1) is 11.3 Å². The maximum Gasteiger partial charge on any atom is 0.266 e. The van der Waals surface area contributed by atoms with Crippen molar-refractivity contribution in [3.8, 4) is 6.07 Å². The van der Waals surface area contributed by atoms with Gasteiger partial charge in [-0.25, -0.2) is 4.99 Å². The van der Waals surface area contributed by atoms with Gasteiger partial charge in [0, 0.05) is 29.8 Å². The predicted molar refractivity (Wildman–Crippen MR) is 135 cm³/mol. The Morgan fingerprint density at radius 1 is 1.03 bits per heavy atom. The number of hydrogen-bond donors (Lipinski definition) is 1. The van der Waals surface area contributed by atoms with Gasteiger partial charge in [0.15, 0.2) is 0 Å². The Morgan fingerprint density at radius 3 is 2.20 bits per heavy atom. The lowest BCUT2D eigenvalue weighted by Gasteiger charge is -2.35. The van der Waals surface area contributed by atoms with Crippen LogP contribution in [0.3, 0.4) is 0 Å². The maximum absolute atomic E-state index is 13.3. The number of nitrogens with zero attached hydrogens (tertiary/aromatic N) is 3. The topological polar surface area (TPSA) is 94.8 Å². The van der Waals surface area contributed by atoms with E-state index >= 15 is 0 Å². The van der Waals surface area contributed by atoms with Crippen molar-refractivity contribution in [3.05, 3.63) is 76.4 Å². The smallest absolute Gasteiger partial charge is 0.266 e. The highest BCUT2D eigenvalue weighted by atomic mass is 16.5. The van der Waals surface area contributed by atoms with E-state index in [1.54, 1.807) is 23.1 Å². The van der Waals surface area contributed by atoms with E-state index in [0.717, 1.165) is 5.56 Å². The molecule has 0 aromatic heterocycles. The molecule has 4 rings (SSSR count). The molecule has 2 aromatic rings. The molecular formula is C28H30N4O3. The van der Waals surface area contributed by atoms with Crippen molar-refractivity contribution in [1.82, 2.24) is 10.2 Å². The molecule has 0 unspecified atom stereocenters. The zero-order valence-electron chi connectivity index (χ0n) is 20.8. The van der Waals surface area contributed by atoms with E-state index in [0.29, 0.717) is 35.6 Å². The summed E-state index contributed by atoms with van der Waals surface area (Å²) in [6, 6.07) is 16.8. The number of benzene rings is 2. The molecule has 2 amide bonds. The van der Waals surface area contributed by atoms with Crippen molar-refractivity contribution in [1.29, 1.82) is 5.26 Å². The highest BCUT2D eigenvalue weighted by Gasteiger charge is 2.32. The van der Waals surface area contributed by atoms with Crippen molar-refractivity contribution < 1.29 is 14.3 Å². The molecule has 35 heavy (non-hydrogen) atoms. The third-order valence-corrected chi connectivity index (χ3v) is 6.18. The highest BCUT2D eigenvalue weighted by molar-refractivity contribution is 6.20. The van der Waals surface area contributed by atoms with E-state index in [2.05, 4.69) is 37.1 Å². The summed E-state index contributed by atoms with van der Waals surface area (Å²) in [5, 5.41) is 12.8. The lowest BCUT2D eigenvalue weighted by Crippen LogP contribution is -2.48. The summed E-state index contributed by atoms with van der Waals surface area (Å²) in [6.07, 6.45) is -0.238. The molecule has 2 heterocycles. The number of carbonyl (C=O) groups is 2. The molecular weight excluding hydrogens is 440 g/mol. The van der Waals surface area contributed by atoms with Crippen LogP contribution in [0.15, 0.2) is 59.1 Å². The van der Waals surface area contributed by atoms with E-state index in [1.165, 1.54) is 0 Å². The summed E-state index contributed by atoms with van der Waals surface area (Å²) in [5.74, 6) is -0.362. The summed E-state index contributed by atoms with van der Waals surface area (Å²) in [4.78, 5) is 32.5. The molecule has 0 spiro atoms. The van der Waals surface area contributed by atoms with Gasteiger partial charge >= 0.3 is 0 Å². The number of morpholine rings is 1. The van der Waals surface area contributed by atoms with Gasteiger partial charge in [-0.1, -0.05) is 57.2 Å². The van der Waals surface area contributed by atoms with Crippen LogP contribution < -0.4 is 5.32 Å². The third-order valence-electron chi connectivity index (χ3n) is 6.18. The summed E-state index contributed by atoms with van der Waals surface area (Å²) >= 11 is 0. The molecule has 1 fully saturated rings. The molecule has 0 bridgehead atoms. The van der Waals surface area contributed by atoms with Gasteiger partial charge in [0.1, 0.15) is 17.5 Å². The molecule has 2 atom stereocenters. The summed E-state index contributed by atoms with van der Waals surface area (Å²) in [7, 11) is 0. The molecule has 7 nitrogen and oxygen atoms in total. The molecule has 2 aliphatic heterocycles. The first-order valence-electron chi connectivity index (χ1n) is 11.8. The van der Waals surface area contributed by atoms with E-state index < -0.39 is 0 Å². The standard InChI is InChI=1S/C28H30N4O3/c1-17-15-32(16-18(2)35-17)27(34)23(14-29)24-21-8-6-7-9-22(21)25(30-24)31-26(33)19-10-12-20(13-11-19)28(3,4)5/h6-13,17-18H,15-16H2,1-5H3,(H,30,31,33)/b24-23-/t17-,18-/m1/s1. The first kappa shape index (κ1) is 24.4. The Hall–Kier alpha value is -3.76. The molecule has 2 aromatic carbocycles. The Bertz CT molecular complexity index is 1250. The van der Waals surface area contributed by atoms with Crippen LogP contribution in [0.5, 0.6) is 0 Å². The van der Waals surface area contributed by atoms with E-state index in [1.807, 2.05) is 44.2 Å². The molecule has 1 saturated heterocycles. The molecule has 180 valence electrons. The van der Waals surface area contributed by atoms with Gasteiger partial charge in [0.05, 0.1) is 17.9 Å². The first-order chi connectivity index (χ1) is 16.6. The lowest BCUT2D eigenvalue weighted by atomic mass is 9.87. The Kier molecular flexibility index (Phi) is 6.60. The van der Waals surface area contributed by atoms with Crippen LogP contribution >= 0.6 is 0 Å². The minimum atomic E-state index is -0.381. The van der Waals surface area contributed by atoms with Crippen LogP contribution in [0.25, 0.3) is 5.70 Å². The second kappa shape index (κ2) is 9.47. The zero-order chi connectivity index (χ0) is 25.3. The number of ether oxygens (including phenoxy) is 1. The van der Waals surface area contributed by atoms with Crippen LogP contribution in [0.2, 0.25) is 0 Å². The average Bonchev–Trinajstić information content (AvgIpc) is 3.16. The highest BCUT2D eigenvalue weighted by Crippen LogP contribution is 2.32. The fourth-order valence-electron chi connectivity index (χ4n) is 4.42. The number of fused-ring (bicyclic) bond motifs is 1. The first-order valence-corrected chi connectivity index (χ1v) is 11.8. The number of amidine groups is 1. The number of nitrogens with one attached hydrogen (secondary N) is 1. The fraction of sp³-hybridized carbons (Fsp3) is 0.357. The minimum absolute atomic E-state index is 0.0144. The monoisotopic (exact) mass is 470 g/mol. The molecule has 0 saturated carbocycles. The number of amides is 2. The van der Waals surface area contributed by atoms with Gasteiger partial charge in [0.25, 0.3) is 11.8 Å². The lowest BCUT2D eigenvalue weighted by molar-refractivity contribution is -0.138. The molecule has 0 aliphatic carbocycles. The van der Waals surface area contributed by atoms with Crippen molar-refractivity contribution in [2.75, 3.05) is 13.1 Å². The number of carbonyl (C=O) groups excluding carboxylic acids is 2. The Balaban J connectivity index is 1.66. The average molecular weight is 471 g/mol. The Labute approximate surface area is 206 Å². The molecule has 0 radical (unpaired) electrons. The number of rotatable bonds is 2. The van der Waals surface area contributed by atoms with Gasteiger partial charge in [-0.05, 0) is 37.0 Å². The van der Waals surface area contributed by atoms with Gasteiger partial charge in [-0.15, -0.1) is 0 Å². The largest absolute Gasteiger partial charge is 0.372 e. The number of nitriles is 1. The molecule has 2 aliphatic rings. The van der Waals surface area contributed by atoms with Crippen molar-refractivity contribution in [2.45, 2.75) is 52.2 Å². The van der Waals surface area contributed by atoms with Crippen LogP contribution in [-0.2, 0) is 14.9 Å². The predicted octanol–water partition coefficient (Wildman–Crippen LogP) is 4.04. The minimum Gasteiger partial charge on any atom is -0.372 e. The number of hydrogen-bond acceptors (Lipinski definition) is 5. The Morgan fingerprint density at radius 2 is 1.63 bits per heavy atom. The van der Waals surface area contributed by atoms with Gasteiger partial charge in [0.2, 0.25) is 0 Å². The van der Waals surface area contributed by atoms with Crippen LogP contribution in [0.4, 0.5) is 0 Å². The molecule has 1 N–H and O–H groups in total. The number of aliphatic imine (C=N–C) groups is 1. The third kappa shape index (κ3) is 5.03. The van der Waals surface area contributed by atoms with Crippen molar-refractivity contribution in [2.24, 2.45) is 4.99 Å². The van der Waals surface area contributed by atoms with E-state index in [9.17, 15) is 14.9 Å². The summed E-state index contributed by atoms with van der Waals surface area (Å²) in [5.41, 5.74) is 3.17. The summed E-state index contributed by atoms with van der Waals surface area (Å²) in [6.45, 7) is 11.0.